The van der Waals surface area contributed by atoms with Crippen molar-refractivity contribution in [1.82, 2.24) is 19.3 Å². The van der Waals surface area contributed by atoms with Crippen LogP contribution in [0.15, 0.2) is 29.2 Å². The molecule has 0 spiro atoms. The summed E-state index contributed by atoms with van der Waals surface area (Å²) < 4.78 is 32.4. The van der Waals surface area contributed by atoms with Gasteiger partial charge in [-0.15, -0.1) is 0 Å². The lowest BCUT2D eigenvalue weighted by molar-refractivity contribution is 0.0462. The molecule has 2 aromatic rings. The summed E-state index contributed by atoms with van der Waals surface area (Å²) in [7, 11) is -3.66. The molecular weight excluding hydrogens is 384 g/mol. The van der Waals surface area contributed by atoms with Crippen LogP contribution in [0.5, 0.6) is 0 Å². The maximum absolute atomic E-state index is 12.9. The van der Waals surface area contributed by atoms with Gasteiger partial charge in [0.25, 0.3) is 0 Å². The molecule has 11 heteroatoms. The molecule has 1 saturated heterocycles. The molecule has 28 heavy (non-hydrogen) atoms. The Labute approximate surface area is 163 Å². The van der Waals surface area contributed by atoms with Crippen molar-refractivity contribution in [3.8, 4) is 0 Å². The highest BCUT2D eigenvalue weighted by Gasteiger charge is 2.26. The summed E-state index contributed by atoms with van der Waals surface area (Å²) in [4.78, 5) is 23.7. The molecule has 1 aliphatic rings. The van der Waals surface area contributed by atoms with Crippen LogP contribution in [0, 0.1) is 0 Å². The Morgan fingerprint density at radius 1 is 1.04 bits per heavy atom. The molecule has 2 heterocycles. The van der Waals surface area contributed by atoms with Crippen molar-refractivity contribution in [1.29, 1.82) is 0 Å². The number of carbonyl (C=O) groups is 1. The van der Waals surface area contributed by atoms with Gasteiger partial charge in [-0.2, -0.15) is 19.3 Å². The Morgan fingerprint density at radius 2 is 1.68 bits per heavy atom. The second kappa shape index (κ2) is 8.48. The number of aromatic nitrogens is 3. The molecule has 1 aromatic heterocycles. The predicted octanol–water partition coefficient (Wildman–Crippen LogP) is 0.958. The van der Waals surface area contributed by atoms with E-state index in [9.17, 15) is 13.2 Å². The number of nitrogen functional groups attached to an aromatic ring is 2. The van der Waals surface area contributed by atoms with Crippen LogP contribution in [-0.2, 0) is 21.4 Å². The number of benzene rings is 1. The molecule has 10 nitrogen and oxygen atoms in total. The summed E-state index contributed by atoms with van der Waals surface area (Å²) in [5, 5.41) is 0. The summed E-state index contributed by atoms with van der Waals surface area (Å²) in [6.07, 6.45) is 3.70. The average molecular weight is 406 g/mol. The van der Waals surface area contributed by atoms with E-state index >= 15 is 0 Å². The molecule has 0 aliphatic carbocycles. The fourth-order valence-electron chi connectivity index (χ4n) is 2.95. The van der Waals surface area contributed by atoms with Crippen LogP contribution >= 0.6 is 0 Å². The molecule has 1 aliphatic heterocycles. The van der Waals surface area contributed by atoms with Crippen molar-refractivity contribution in [2.75, 3.05) is 24.6 Å². The molecule has 0 bridgehead atoms. The van der Waals surface area contributed by atoms with Gasteiger partial charge in [-0.25, -0.2) is 13.2 Å². The first-order chi connectivity index (χ1) is 13.4. The summed E-state index contributed by atoms with van der Waals surface area (Å²) in [5.74, 6) is -0.759. The van der Waals surface area contributed by atoms with Gasteiger partial charge in [-0.3, -0.25) is 0 Å². The molecule has 1 fully saturated rings. The van der Waals surface area contributed by atoms with Crippen molar-refractivity contribution < 1.29 is 17.9 Å². The molecule has 0 atom stereocenters. The molecule has 3 rings (SSSR count). The zero-order valence-electron chi connectivity index (χ0n) is 15.2. The number of sulfonamides is 1. The third-order valence-electron chi connectivity index (χ3n) is 4.32. The van der Waals surface area contributed by atoms with Crippen LogP contribution in [-0.4, -0.2) is 46.7 Å². The van der Waals surface area contributed by atoms with Crippen molar-refractivity contribution in [2.24, 2.45) is 0 Å². The highest BCUT2D eigenvalue weighted by Crippen LogP contribution is 2.21. The summed E-state index contributed by atoms with van der Waals surface area (Å²) in [5.41, 5.74) is 11.1. The molecule has 0 amide bonds. The van der Waals surface area contributed by atoms with E-state index < -0.39 is 16.0 Å². The SMILES string of the molecule is Nc1nc(N)nc(COC(=O)c2cccc(S(=O)(=O)N3CCCCCC3)c2)n1. The van der Waals surface area contributed by atoms with E-state index in [4.69, 9.17) is 16.2 Å². The number of hydrogen-bond acceptors (Lipinski definition) is 9. The number of ether oxygens (including phenoxy) is 1. The monoisotopic (exact) mass is 406 g/mol. The lowest BCUT2D eigenvalue weighted by Crippen LogP contribution is -2.32. The first-order valence-corrected chi connectivity index (χ1v) is 10.3. The Balaban J connectivity index is 1.73. The van der Waals surface area contributed by atoms with Gasteiger partial charge in [-0.1, -0.05) is 18.9 Å². The highest BCUT2D eigenvalue weighted by molar-refractivity contribution is 7.89. The molecular formula is C17H22N6O4S. The normalized spacial score (nSPS) is 15.7. The van der Waals surface area contributed by atoms with Gasteiger partial charge in [0.1, 0.15) is 0 Å². The number of nitrogens with zero attached hydrogens (tertiary/aromatic N) is 4. The quantitative estimate of drug-likeness (QED) is 0.691. The first kappa shape index (κ1) is 20.0. The lowest BCUT2D eigenvalue weighted by atomic mass is 10.2. The van der Waals surface area contributed by atoms with Crippen molar-refractivity contribution in [3.05, 3.63) is 35.7 Å². The van der Waals surface area contributed by atoms with Gasteiger partial charge in [0, 0.05) is 13.1 Å². The number of hydrogen-bond donors (Lipinski definition) is 2. The standard InChI is InChI=1S/C17H22N6O4S/c18-16-20-14(21-17(19)22-16)11-27-15(24)12-6-5-7-13(10-12)28(25,26)23-8-3-1-2-4-9-23/h5-7,10H,1-4,8-9,11H2,(H4,18,19,20,21,22). The van der Waals surface area contributed by atoms with Gasteiger partial charge in [0.05, 0.1) is 10.5 Å². The number of rotatable bonds is 5. The van der Waals surface area contributed by atoms with Crippen LogP contribution < -0.4 is 11.5 Å². The first-order valence-electron chi connectivity index (χ1n) is 8.89. The van der Waals surface area contributed by atoms with E-state index in [1.165, 1.54) is 28.6 Å². The molecule has 150 valence electrons. The molecule has 4 N–H and O–H groups in total. The van der Waals surface area contributed by atoms with Gasteiger partial charge in [0.15, 0.2) is 12.4 Å². The minimum atomic E-state index is -3.66. The fraction of sp³-hybridized carbons (Fsp3) is 0.412. The zero-order valence-corrected chi connectivity index (χ0v) is 16.1. The summed E-state index contributed by atoms with van der Waals surface area (Å²) in [6.45, 7) is 0.706. The number of nitrogens with two attached hydrogens (primary N) is 2. The second-order valence-electron chi connectivity index (χ2n) is 6.39. The topological polar surface area (TPSA) is 154 Å². The zero-order chi connectivity index (χ0) is 20.1. The average Bonchev–Trinajstić information content (AvgIpc) is 2.95. The Morgan fingerprint density at radius 3 is 2.32 bits per heavy atom. The second-order valence-corrected chi connectivity index (χ2v) is 8.33. The summed E-state index contributed by atoms with van der Waals surface area (Å²) in [6, 6.07) is 5.79. The van der Waals surface area contributed by atoms with E-state index in [0.717, 1.165) is 25.7 Å². The van der Waals surface area contributed by atoms with E-state index in [1.54, 1.807) is 0 Å². The number of carbonyl (C=O) groups excluding carboxylic acids is 1. The number of anilines is 2. The van der Waals surface area contributed by atoms with Crippen molar-refractivity contribution >= 4 is 27.9 Å². The molecule has 0 unspecified atom stereocenters. The van der Waals surface area contributed by atoms with Crippen molar-refractivity contribution in [2.45, 2.75) is 37.2 Å². The largest absolute Gasteiger partial charge is 0.454 e. The molecule has 1 aromatic carbocycles. The minimum absolute atomic E-state index is 0.0671. The Kier molecular flexibility index (Phi) is 6.05. The van der Waals surface area contributed by atoms with Gasteiger partial charge in [-0.05, 0) is 31.0 Å². The van der Waals surface area contributed by atoms with Gasteiger partial charge in [0.2, 0.25) is 21.9 Å². The van der Waals surface area contributed by atoms with E-state index in [-0.39, 0.29) is 34.8 Å². The smallest absolute Gasteiger partial charge is 0.338 e. The van der Waals surface area contributed by atoms with Gasteiger partial charge < -0.3 is 16.2 Å². The maximum atomic E-state index is 12.9. The highest BCUT2D eigenvalue weighted by atomic mass is 32.2. The summed E-state index contributed by atoms with van der Waals surface area (Å²) >= 11 is 0. The minimum Gasteiger partial charge on any atom is -0.454 e. The molecule has 0 radical (unpaired) electrons. The van der Waals surface area contributed by atoms with Crippen LogP contribution in [0.1, 0.15) is 41.9 Å². The van der Waals surface area contributed by atoms with E-state index in [0.29, 0.717) is 13.1 Å². The third kappa shape index (κ3) is 4.73. The predicted molar refractivity (Wildman–Crippen MR) is 101 cm³/mol. The van der Waals surface area contributed by atoms with E-state index in [2.05, 4.69) is 15.0 Å². The lowest BCUT2D eigenvalue weighted by Gasteiger charge is -2.20. The molecule has 0 saturated carbocycles. The van der Waals surface area contributed by atoms with Gasteiger partial charge >= 0.3 is 5.97 Å². The van der Waals surface area contributed by atoms with Crippen LogP contribution in [0.3, 0.4) is 0 Å². The van der Waals surface area contributed by atoms with Crippen LogP contribution in [0.4, 0.5) is 11.9 Å². The third-order valence-corrected chi connectivity index (χ3v) is 6.22. The van der Waals surface area contributed by atoms with Crippen LogP contribution in [0.25, 0.3) is 0 Å². The van der Waals surface area contributed by atoms with Crippen molar-refractivity contribution in [3.63, 3.8) is 0 Å². The van der Waals surface area contributed by atoms with Crippen LogP contribution in [0.2, 0.25) is 0 Å². The maximum Gasteiger partial charge on any atom is 0.338 e. The van der Waals surface area contributed by atoms with E-state index in [1.807, 2.05) is 0 Å². The Hall–Kier alpha value is -2.79. The number of esters is 1. The Bertz CT molecular complexity index is 938. The fourth-order valence-corrected chi connectivity index (χ4v) is 4.51.